The van der Waals surface area contributed by atoms with Crippen molar-refractivity contribution in [1.29, 1.82) is 0 Å². The maximum Gasteiger partial charge on any atom is 0.336 e. The molecule has 0 aromatic heterocycles. The molecule has 0 radical (unpaired) electrons. The largest absolute Gasteiger partial charge is 0.478 e. The molecule has 0 amide bonds. The van der Waals surface area contributed by atoms with Gasteiger partial charge in [0.2, 0.25) is 0 Å². The lowest BCUT2D eigenvalue weighted by Crippen LogP contribution is -2.18. The molecule has 0 fully saturated rings. The smallest absolute Gasteiger partial charge is 0.336 e. The molecule has 0 bridgehead atoms. The Labute approximate surface area is 110 Å². The van der Waals surface area contributed by atoms with Crippen molar-refractivity contribution in [1.82, 2.24) is 0 Å². The first-order valence-corrected chi connectivity index (χ1v) is 6.45. The lowest BCUT2D eigenvalue weighted by atomic mass is 10.2. The van der Waals surface area contributed by atoms with Gasteiger partial charge in [-0.05, 0) is 12.1 Å². The normalized spacial score (nSPS) is 12.1. The number of rotatable bonds is 8. The summed E-state index contributed by atoms with van der Waals surface area (Å²) in [6, 6.07) is 6.73. The molecule has 2 N–H and O–H groups in total. The summed E-state index contributed by atoms with van der Waals surface area (Å²) in [4.78, 5) is 11.6. The quantitative estimate of drug-likeness (QED) is 0.429. The molecule has 1 unspecified atom stereocenters. The number of carboxylic acids is 1. The first kappa shape index (κ1) is 14.8. The Bertz CT molecular complexity index is 406. The monoisotopic (exact) mass is 268 g/mol. The average molecular weight is 268 g/mol. The summed E-state index contributed by atoms with van der Waals surface area (Å²) in [6.07, 6.45) is 0.983. The van der Waals surface area contributed by atoms with E-state index in [0.717, 1.165) is 0 Å². The number of benzene rings is 1. The highest BCUT2D eigenvalue weighted by Gasteiger charge is 2.11. The van der Waals surface area contributed by atoms with Gasteiger partial charge in [0.25, 0.3) is 0 Å². The summed E-state index contributed by atoms with van der Waals surface area (Å²) in [6.45, 7) is 4.12. The Hall–Kier alpha value is -1.30. The topological polar surface area (TPSA) is 66.8 Å². The van der Waals surface area contributed by atoms with Gasteiger partial charge < -0.3 is 14.9 Å². The standard InChI is InChI=1S/C13H16O4S/c1-2-7-17-8-10(14)9-18-12-6-4-3-5-11(12)13(15)16/h2-6,10,14H,1,7-9H2,(H,15,16). The maximum absolute atomic E-state index is 11.0. The molecule has 5 heteroatoms. The fraction of sp³-hybridized carbons (Fsp3) is 0.308. The number of aromatic carboxylic acids is 1. The van der Waals surface area contributed by atoms with Gasteiger partial charge in [0.15, 0.2) is 0 Å². The molecule has 0 saturated carbocycles. The second-order valence-corrected chi connectivity index (χ2v) is 4.65. The van der Waals surface area contributed by atoms with E-state index in [1.807, 2.05) is 0 Å². The van der Waals surface area contributed by atoms with E-state index >= 15 is 0 Å². The molecule has 1 aromatic rings. The molecule has 0 heterocycles. The van der Waals surface area contributed by atoms with E-state index in [4.69, 9.17) is 9.84 Å². The summed E-state index contributed by atoms with van der Waals surface area (Å²) >= 11 is 1.30. The van der Waals surface area contributed by atoms with Crippen molar-refractivity contribution in [2.45, 2.75) is 11.0 Å². The van der Waals surface area contributed by atoms with Crippen LogP contribution in [0.5, 0.6) is 0 Å². The molecule has 0 spiro atoms. The zero-order chi connectivity index (χ0) is 13.4. The molecule has 1 atom stereocenters. The molecule has 1 rings (SSSR count). The minimum atomic E-state index is -0.963. The van der Waals surface area contributed by atoms with Crippen LogP contribution in [0.15, 0.2) is 41.8 Å². The minimum Gasteiger partial charge on any atom is -0.478 e. The summed E-state index contributed by atoms with van der Waals surface area (Å²) in [5.74, 6) is -0.572. The van der Waals surface area contributed by atoms with Gasteiger partial charge in [0.05, 0.1) is 24.9 Å². The van der Waals surface area contributed by atoms with Crippen molar-refractivity contribution in [3.63, 3.8) is 0 Å². The van der Waals surface area contributed by atoms with E-state index in [1.54, 1.807) is 30.3 Å². The zero-order valence-corrected chi connectivity index (χ0v) is 10.7. The van der Waals surface area contributed by atoms with E-state index in [0.29, 0.717) is 17.3 Å². The second kappa shape index (κ2) is 7.92. The predicted molar refractivity (Wildman–Crippen MR) is 71.1 cm³/mol. The molecule has 1 aromatic carbocycles. The second-order valence-electron chi connectivity index (χ2n) is 3.59. The number of thioether (sulfide) groups is 1. The Morgan fingerprint density at radius 3 is 2.89 bits per heavy atom. The fourth-order valence-electron chi connectivity index (χ4n) is 1.29. The molecule has 0 aliphatic heterocycles. The first-order valence-electron chi connectivity index (χ1n) is 5.47. The Balaban J connectivity index is 2.47. The van der Waals surface area contributed by atoms with E-state index in [1.165, 1.54) is 11.8 Å². The van der Waals surface area contributed by atoms with Gasteiger partial charge in [-0.25, -0.2) is 4.79 Å². The van der Waals surface area contributed by atoms with Crippen molar-refractivity contribution >= 4 is 17.7 Å². The van der Waals surface area contributed by atoms with Crippen LogP contribution in [-0.4, -0.2) is 41.3 Å². The molecular formula is C13H16O4S. The minimum absolute atomic E-state index is 0.217. The van der Waals surface area contributed by atoms with Gasteiger partial charge in [-0.3, -0.25) is 0 Å². The highest BCUT2D eigenvalue weighted by molar-refractivity contribution is 7.99. The maximum atomic E-state index is 11.0. The third kappa shape index (κ3) is 4.91. The van der Waals surface area contributed by atoms with E-state index in [2.05, 4.69) is 6.58 Å². The molecular weight excluding hydrogens is 252 g/mol. The lowest BCUT2D eigenvalue weighted by molar-refractivity contribution is 0.0624. The van der Waals surface area contributed by atoms with Crippen molar-refractivity contribution < 1.29 is 19.7 Å². The van der Waals surface area contributed by atoms with E-state index in [-0.39, 0.29) is 12.2 Å². The lowest BCUT2D eigenvalue weighted by Gasteiger charge is -2.11. The van der Waals surface area contributed by atoms with Crippen molar-refractivity contribution in [2.75, 3.05) is 19.0 Å². The van der Waals surface area contributed by atoms with Crippen LogP contribution in [0.1, 0.15) is 10.4 Å². The highest BCUT2D eigenvalue weighted by Crippen LogP contribution is 2.23. The van der Waals surface area contributed by atoms with Crippen LogP contribution in [0.3, 0.4) is 0 Å². The number of aliphatic hydroxyl groups excluding tert-OH is 1. The molecule has 0 aliphatic rings. The van der Waals surface area contributed by atoms with Crippen LogP contribution >= 0.6 is 11.8 Å². The number of hydrogen-bond donors (Lipinski definition) is 2. The number of carbonyl (C=O) groups is 1. The summed E-state index contributed by atoms with van der Waals surface area (Å²) in [5, 5.41) is 18.6. The predicted octanol–water partition coefficient (Wildman–Crippen LogP) is 2.04. The molecule has 0 saturated heterocycles. The van der Waals surface area contributed by atoms with Gasteiger partial charge in [-0.2, -0.15) is 0 Å². The molecule has 0 aliphatic carbocycles. The van der Waals surface area contributed by atoms with E-state index < -0.39 is 12.1 Å². The molecule has 4 nitrogen and oxygen atoms in total. The van der Waals surface area contributed by atoms with Crippen molar-refractivity contribution in [3.05, 3.63) is 42.5 Å². The van der Waals surface area contributed by atoms with Crippen molar-refractivity contribution in [3.8, 4) is 0 Å². The zero-order valence-electron chi connectivity index (χ0n) is 9.91. The van der Waals surface area contributed by atoms with Crippen LogP contribution in [0.25, 0.3) is 0 Å². The number of carboxylic acid groups (broad SMARTS) is 1. The average Bonchev–Trinajstić information content (AvgIpc) is 2.37. The van der Waals surface area contributed by atoms with Gasteiger partial charge in [0.1, 0.15) is 0 Å². The van der Waals surface area contributed by atoms with Crippen LogP contribution in [0.4, 0.5) is 0 Å². The summed E-state index contributed by atoms with van der Waals surface area (Å²) in [7, 11) is 0. The number of aliphatic hydroxyl groups is 1. The number of ether oxygens (including phenoxy) is 1. The van der Waals surface area contributed by atoms with Gasteiger partial charge in [-0.1, -0.05) is 18.2 Å². The Kier molecular flexibility index (Phi) is 6.49. The number of hydrogen-bond acceptors (Lipinski definition) is 4. The van der Waals surface area contributed by atoms with Gasteiger partial charge >= 0.3 is 5.97 Å². The first-order chi connectivity index (χ1) is 8.65. The third-order valence-corrected chi connectivity index (χ3v) is 3.31. The summed E-state index contributed by atoms with van der Waals surface area (Å²) in [5.41, 5.74) is 0.252. The Morgan fingerprint density at radius 2 is 2.22 bits per heavy atom. The van der Waals surface area contributed by atoms with Gasteiger partial charge in [0, 0.05) is 10.6 Å². The van der Waals surface area contributed by atoms with Gasteiger partial charge in [-0.15, -0.1) is 18.3 Å². The Morgan fingerprint density at radius 1 is 1.50 bits per heavy atom. The van der Waals surface area contributed by atoms with E-state index in [9.17, 15) is 9.90 Å². The van der Waals surface area contributed by atoms with Crippen LogP contribution in [0.2, 0.25) is 0 Å². The third-order valence-electron chi connectivity index (χ3n) is 2.09. The van der Waals surface area contributed by atoms with Crippen LogP contribution < -0.4 is 0 Å². The summed E-state index contributed by atoms with van der Waals surface area (Å²) < 4.78 is 5.11. The fourth-order valence-corrected chi connectivity index (χ4v) is 2.24. The molecule has 18 heavy (non-hydrogen) atoms. The van der Waals surface area contributed by atoms with Crippen LogP contribution in [0, 0.1) is 0 Å². The highest BCUT2D eigenvalue weighted by atomic mass is 32.2. The SMILES string of the molecule is C=CCOCC(O)CSc1ccccc1C(=O)O. The molecule has 98 valence electrons. The van der Waals surface area contributed by atoms with Crippen molar-refractivity contribution in [2.24, 2.45) is 0 Å². The van der Waals surface area contributed by atoms with Crippen LogP contribution in [-0.2, 0) is 4.74 Å².